The van der Waals surface area contributed by atoms with Crippen molar-refractivity contribution in [2.45, 2.75) is 13.3 Å². The van der Waals surface area contributed by atoms with Crippen LogP contribution >= 0.6 is 11.9 Å². The average molecular weight is 256 g/mol. The van der Waals surface area contributed by atoms with Gasteiger partial charge in [-0.2, -0.15) is 8.42 Å². The van der Waals surface area contributed by atoms with Crippen LogP contribution in [0.25, 0.3) is 0 Å². The zero-order valence-electron chi connectivity index (χ0n) is 8.70. The van der Waals surface area contributed by atoms with Crippen LogP contribution in [0.2, 0.25) is 0 Å². The third kappa shape index (κ3) is 11.5. The fraction of sp³-hybridized carbons (Fsp3) is 0.714. The lowest BCUT2D eigenvalue weighted by Gasteiger charge is -2.15. The Morgan fingerprint density at radius 2 is 1.93 bits per heavy atom. The summed E-state index contributed by atoms with van der Waals surface area (Å²) in [4.78, 5) is 2.17. The molecule has 1 heterocycles. The molecule has 0 bridgehead atoms. The summed E-state index contributed by atoms with van der Waals surface area (Å²) in [6.07, 6.45) is 5.47. The lowest BCUT2D eigenvalue weighted by molar-refractivity contribution is 0.381. The van der Waals surface area contributed by atoms with E-state index in [0.29, 0.717) is 0 Å². The average Bonchev–Trinajstić information content (AvgIpc) is 2.45. The first-order valence-corrected chi connectivity index (χ1v) is 6.65. The molecule has 6 nitrogen and oxygen atoms in total. The molecule has 0 aromatic heterocycles. The summed E-state index contributed by atoms with van der Waals surface area (Å²) in [5, 5.41) is 0. The zero-order chi connectivity index (χ0) is 11.9. The van der Waals surface area contributed by atoms with Gasteiger partial charge in [0.15, 0.2) is 0 Å². The van der Waals surface area contributed by atoms with Crippen molar-refractivity contribution in [1.29, 1.82) is 0 Å². The number of hydrogen-bond acceptors (Lipinski definition) is 5. The molecule has 0 saturated heterocycles. The molecule has 1 aliphatic rings. The maximum atomic E-state index is 8.74. The van der Waals surface area contributed by atoms with E-state index in [4.69, 9.17) is 17.5 Å². The Hall–Kier alpha value is -0.440. The summed E-state index contributed by atoms with van der Waals surface area (Å²) in [7, 11) is -2.58. The highest BCUT2D eigenvalue weighted by Gasteiger charge is 2.06. The van der Waals surface area contributed by atoms with Crippen molar-refractivity contribution < 1.29 is 17.5 Å². The molecule has 15 heavy (non-hydrogen) atoms. The Labute approximate surface area is 94.6 Å². The van der Waals surface area contributed by atoms with Gasteiger partial charge in [0, 0.05) is 25.2 Å². The van der Waals surface area contributed by atoms with Gasteiger partial charge >= 0.3 is 10.4 Å². The van der Waals surface area contributed by atoms with Crippen LogP contribution in [-0.2, 0) is 10.4 Å². The SMILES string of the molecule is CCCSN1C=CN(C)C1.O=S(=O)(O)O. The Morgan fingerprint density at radius 3 is 2.27 bits per heavy atom. The van der Waals surface area contributed by atoms with Crippen molar-refractivity contribution in [2.75, 3.05) is 19.5 Å². The van der Waals surface area contributed by atoms with Crippen molar-refractivity contribution in [2.24, 2.45) is 0 Å². The first-order valence-electron chi connectivity index (χ1n) is 4.31. The summed E-state index contributed by atoms with van der Waals surface area (Å²) in [5.41, 5.74) is 0. The predicted molar refractivity (Wildman–Crippen MR) is 60.5 cm³/mol. The quantitative estimate of drug-likeness (QED) is 0.577. The summed E-state index contributed by atoms with van der Waals surface area (Å²) in [5.74, 6) is 1.22. The largest absolute Gasteiger partial charge is 0.394 e. The molecule has 1 rings (SSSR count). The molecule has 0 radical (unpaired) electrons. The Kier molecular flexibility index (Phi) is 6.73. The number of rotatable bonds is 3. The summed E-state index contributed by atoms with van der Waals surface area (Å²) in [6.45, 7) is 3.24. The summed E-state index contributed by atoms with van der Waals surface area (Å²) in [6, 6.07) is 0. The van der Waals surface area contributed by atoms with E-state index in [1.54, 1.807) is 0 Å². The molecule has 0 unspecified atom stereocenters. The Balaban J connectivity index is 0.000000336. The van der Waals surface area contributed by atoms with Gasteiger partial charge in [-0.1, -0.05) is 6.92 Å². The van der Waals surface area contributed by atoms with Crippen LogP contribution in [0.15, 0.2) is 12.4 Å². The fourth-order valence-corrected chi connectivity index (χ4v) is 1.62. The minimum Gasteiger partial charge on any atom is -0.361 e. The van der Waals surface area contributed by atoms with Crippen LogP contribution < -0.4 is 0 Å². The maximum absolute atomic E-state index is 8.74. The normalized spacial score (nSPS) is 15.2. The molecule has 0 saturated carbocycles. The smallest absolute Gasteiger partial charge is 0.361 e. The third-order valence-electron chi connectivity index (χ3n) is 1.31. The number of nitrogens with zero attached hydrogens (tertiary/aromatic N) is 2. The molecule has 0 spiro atoms. The third-order valence-corrected chi connectivity index (χ3v) is 2.47. The summed E-state index contributed by atoms with van der Waals surface area (Å²) >= 11 is 1.89. The van der Waals surface area contributed by atoms with Crippen molar-refractivity contribution in [3.05, 3.63) is 12.4 Å². The van der Waals surface area contributed by atoms with E-state index in [9.17, 15) is 0 Å². The summed E-state index contributed by atoms with van der Waals surface area (Å²) < 4.78 is 33.8. The van der Waals surface area contributed by atoms with E-state index in [1.165, 1.54) is 12.2 Å². The van der Waals surface area contributed by atoms with Crippen molar-refractivity contribution in [3.63, 3.8) is 0 Å². The second kappa shape index (κ2) is 6.94. The van der Waals surface area contributed by atoms with Crippen molar-refractivity contribution in [3.8, 4) is 0 Å². The van der Waals surface area contributed by atoms with Gasteiger partial charge in [0.25, 0.3) is 0 Å². The van der Waals surface area contributed by atoms with E-state index in [-0.39, 0.29) is 0 Å². The second-order valence-electron chi connectivity index (χ2n) is 2.89. The van der Waals surface area contributed by atoms with Gasteiger partial charge in [0.05, 0.1) is 6.67 Å². The van der Waals surface area contributed by atoms with Crippen LogP contribution in [0.5, 0.6) is 0 Å². The van der Waals surface area contributed by atoms with Gasteiger partial charge in [-0.25, -0.2) is 0 Å². The minimum atomic E-state index is -4.67. The molecule has 0 aromatic carbocycles. The van der Waals surface area contributed by atoms with Gasteiger partial charge in [-0.15, -0.1) is 0 Å². The first kappa shape index (κ1) is 14.6. The van der Waals surface area contributed by atoms with Gasteiger partial charge in [0.2, 0.25) is 0 Å². The van der Waals surface area contributed by atoms with E-state index >= 15 is 0 Å². The maximum Gasteiger partial charge on any atom is 0.394 e. The van der Waals surface area contributed by atoms with Crippen LogP contribution in [0.1, 0.15) is 13.3 Å². The molecule has 1 aliphatic heterocycles. The van der Waals surface area contributed by atoms with Gasteiger partial charge in [0.1, 0.15) is 0 Å². The van der Waals surface area contributed by atoms with E-state index < -0.39 is 10.4 Å². The highest BCUT2D eigenvalue weighted by molar-refractivity contribution is 7.97. The van der Waals surface area contributed by atoms with Crippen LogP contribution in [0.3, 0.4) is 0 Å². The molecular weight excluding hydrogens is 240 g/mol. The highest BCUT2D eigenvalue weighted by Crippen LogP contribution is 2.16. The van der Waals surface area contributed by atoms with Crippen LogP contribution in [0, 0.1) is 0 Å². The van der Waals surface area contributed by atoms with Crippen LogP contribution in [-0.4, -0.2) is 46.2 Å². The molecule has 0 aromatic rings. The van der Waals surface area contributed by atoms with Gasteiger partial charge in [-0.05, 0) is 18.4 Å². The predicted octanol–water partition coefficient (Wildman–Crippen LogP) is 1.07. The highest BCUT2D eigenvalue weighted by atomic mass is 32.3. The Morgan fingerprint density at radius 1 is 1.40 bits per heavy atom. The molecule has 0 fully saturated rings. The van der Waals surface area contributed by atoms with E-state index in [2.05, 4.69) is 35.6 Å². The number of hydrogen-bond donors (Lipinski definition) is 2. The topological polar surface area (TPSA) is 81.1 Å². The van der Waals surface area contributed by atoms with Crippen molar-refractivity contribution in [1.82, 2.24) is 9.21 Å². The minimum absolute atomic E-state index is 1.03. The zero-order valence-corrected chi connectivity index (χ0v) is 10.3. The Bertz CT molecular complexity index is 283. The monoisotopic (exact) mass is 256 g/mol. The fourth-order valence-electron chi connectivity index (χ4n) is 0.795. The molecule has 90 valence electrons. The molecule has 2 N–H and O–H groups in total. The second-order valence-corrected chi connectivity index (χ2v) is 4.93. The molecule has 0 atom stereocenters. The lowest BCUT2D eigenvalue weighted by atomic mass is 10.6. The van der Waals surface area contributed by atoms with E-state index in [0.717, 1.165) is 6.67 Å². The van der Waals surface area contributed by atoms with Gasteiger partial charge < -0.3 is 9.21 Å². The van der Waals surface area contributed by atoms with Gasteiger partial charge in [-0.3, -0.25) is 9.11 Å². The first-order chi connectivity index (χ1) is 6.83. The van der Waals surface area contributed by atoms with Crippen LogP contribution in [0.4, 0.5) is 0 Å². The molecule has 8 heteroatoms. The standard InChI is InChI=1S/C7H14N2S.H2O4S/c1-3-6-10-9-5-4-8(2)7-9;1-5(2,3)4/h4-5H,3,6-7H2,1-2H3;(H2,1,2,3,4). The van der Waals surface area contributed by atoms with E-state index in [1.807, 2.05) is 11.9 Å². The lowest BCUT2D eigenvalue weighted by Crippen LogP contribution is -2.16. The molecule has 0 amide bonds. The van der Waals surface area contributed by atoms with Crippen molar-refractivity contribution >= 4 is 22.3 Å². The molecular formula is C7H16N2O4S2. The molecule has 0 aliphatic carbocycles.